The van der Waals surface area contributed by atoms with Crippen LogP contribution in [0.5, 0.6) is 5.75 Å². The molecule has 1 heterocycles. The number of unbranched alkanes of at least 4 members (excludes halogenated alkanes) is 3. The molecule has 5 N–H and O–H groups in total. The second kappa shape index (κ2) is 16.1. The van der Waals surface area contributed by atoms with Crippen molar-refractivity contribution >= 4 is 17.6 Å². The molecule has 2 aliphatic carbocycles. The third-order valence-electron chi connectivity index (χ3n) is 11.9. The van der Waals surface area contributed by atoms with Crippen LogP contribution in [0.25, 0.3) is 0 Å². The Hall–Kier alpha value is -3.39. The van der Waals surface area contributed by atoms with Crippen molar-refractivity contribution < 1.29 is 14.7 Å². The van der Waals surface area contributed by atoms with Crippen LogP contribution in [0.3, 0.4) is 0 Å². The maximum Gasteiger partial charge on any atom is 0.242 e. The van der Waals surface area contributed by atoms with Gasteiger partial charge in [-0.1, -0.05) is 77.4 Å². The molecule has 0 unspecified atom stereocenters. The number of phenolic OH excluding ortho intramolecular Hbond substituents is 1. The maximum absolute atomic E-state index is 14.4. The summed E-state index contributed by atoms with van der Waals surface area (Å²) in [6, 6.07) is 15.9. The Labute approximate surface area is 294 Å². The lowest BCUT2D eigenvalue weighted by Gasteiger charge is -2.55. The monoisotopic (exact) mass is 671 g/mol. The molecule has 0 radical (unpaired) electrons. The lowest BCUT2D eigenvalue weighted by atomic mass is 9.59. The standard InChI is InChI=1S/C41H61N5O3/c1-6-7-16-37(42)43-20-12-9-13-21-44-38(48)35(23-28(2)3)45-39(49)41(31-14-10-8-11-15-31)26-32(41)27-46-22-19-40(5)29(4)36(46)24-30-17-18-33(47)25-34(30)40/h8,10-11,14-15,17-18,25,28-29,32,35-36,47H,6-7,9,12-13,16,19-24,26-27H2,1-5H3,(H2,42,43)(H,44,48)(H,45,49)/t29-,32-,35+,36-,40-,41+/m1/s1. The number of amides is 2. The van der Waals surface area contributed by atoms with Crippen LogP contribution >= 0.6 is 0 Å². The van der Waals surface area contributed by atoms with E-state index in [0.29, 0.717) is 30.7 Å². The number of hydrogen-bond donors (Lipinski definition) is 4. The highest BCUT2D eigenvalue weighted by Gasteiger charge is 2.62. The average molecular weight is 672 g/mol. The third-order valence-corrected chi connectivity index (χ3v) is 11.9. The van der Waals surface area contributed by atoms with Crippen molar-refractivity contribution in [3.8, 4) is 5.75 Å². The number of aliphatic imine (C=N–C) groups is 1. The second-order valence-corrected chi connectivity index (χ2v) is 15.8. The molecule has 2 aromatic rings. The SMILES string of the molecule is CCCCC(N)=NCCCCCNC(=O)[C@H](CC(C)C)NC(=O)[C@]1(c2ccccc2)C[C@@H]1CN1CC[C@@]2(C)c3cc(O)ccc3C[C@@H]1[C@H]2C. The number of carbonyl (C=O) groups excluding carboxylic acids is 2. The zero-order valence-electron chi connectivity index (χ0n) is 30.6. The molecular formula is C41H61N5O3. The smallest absolute Gasteiger partial charge is 0.242 e. The van der Waals surface area contributed by atoms with Crippen LogP contribution in [0.4, 0.5) is 0 Å². The first-order chi connectivity index (χ1) is 23.5. The number of amidine groups is 1. The summed E-state index contributed by atoms with van der Waals surface area (Å²) in [5.41, 5.74) is 9.04. The number of nitrogens with one attached hydrogen (secondary N) is 2. The lowest BCUT2D eigenvalue weighted by Crippen LogP contribution is -2.58. The Morgan fingerprint density at radius 2 is 1.88 bits per heavy atom. The molecule has 0 aromatic heterocycles. The van der Waals surface area contributed by atoms with Crippen LogP contribution < -0.4 is 16.4 Å². The van der Waals surface area contributed by atoms with Gasteiger partial charge in [0.05, 0.1) is 11.3 Å². The molecule has 5 rings (SSSR count). The molecule has 1 aliphatic heterocycles. The molecule has 49 heavy (non-hydrogen) atoms. The van der Waals surface area contributed by atoms with E-state index < -0.39 is 11.5 Å². The number of fused-ring (bicyclic) bond motifs is 4. The molecule has 2 amide bonds. The first-order valence-corrected chi connectivity index (χ1v) is 19.0. The van der Waals surface area contributed by atoms with Gasteiger partial charge in [-0.25, -0.2) is 0 Å². The summed E-state index contributed by atoms with van der Waals surface area (Å²) < 4.78 is 0. The largest absolute Gasteiger partial charge is 0.508 e. The van der Waals surface area contributed by atoms with Gasteiger partial charge in [0, 0.05) is 32.1 Å². The van der Waals surface area contributed by atoms with Gasteiger partial charge < -0.3 is 21.5 Å². The van der Waals surface area contributed by atoms with Crippen LogP contribution in [0.2, 0.25) is 0 Å². The fourth-order valence-corrected chi connectivity index (χ4v) is 8.65. The Kier molecular flexibility index (Phi) is 12.1. The average Bonchev–Trinajstić information content (AvgIpc) is 3.81. The number of piperidine rings is 1. The maximum atomic E-state index is 14.4. The molecule has 1 saturated carbocycles. The van der Waals surface area contributed by atoms with E-state index in [9.17, 15) is 14.7 Å². The highest BCUT2D eigenvalue weighted by Crippen LogP contribution is 2.57. The fourth-order valence-electron chi connectivity index (χ4n) is 8.65. The van der Waals surface area contributed by atoms with E-state index in [2.05, 4.69) is 73.3 Å². The second-order valence-electron chi connectivity index (χ2n) is 15.8. The summed E-state index contributed by atoms with van der Waals surface area (Å²) in [6.07, 6.45) is 9.19. The topological polar surface area (TPSA) is 120 Å². The molecule has 2 aromatic carbocycles. The molecule has 6 atom stereocenters. The number of hydrogen-bond acceptors (Lipinski definition) is 5. The highest BCUT2D eigenvalue weighted by molar-refractivity contribution is 5.95. The summed E-state index contributed by atoms with van der Waals surface area (Å²) in [7, 11) is 0. The van der Waals surface area contributed by atoms with Gasteiger partial charge >= 0.3 is 0 Å². The summed E-state index contributed by atoms with van der Waals surface area (Å²) in [6.45, 7) is 14.2. The lowest BCUT2D eigenvalue weighted by molar-refractivity contribution is -0.131. The van der Waals surface area contributed by atoms with Crippen molar-refractivity contribution in [1.29, 1.82) is 0 Å². The van der Waals surface area contributed by atoms with Gasteiger partial charge in [-0.2, -0.15) is 0 Å². The minimum atomic E-state index is -0.640. The summed E-state index contributed by atoms with van der Waals surface area (Å²) in [5, 5.41) is 16.6. The number of likely N-dealkylation sites (tertiary alicyclic amines) is 1. The van der Waals surface area contributed by atoms with Crippen molar-refractivity contribution in [2.75, 3.05) is 26.2 Å². The predicted molar refractivity (Wildman–Crippen MR) is 199 cm³/mol. The summed E-state index contributed by atoms with van der Waals surface area (Å²) >= 11 is 0. The highest BCUT2D eigenvalue weighted by atomic mass is 16.3. The molecule has 8 heteroatoms. The van der Waals surface area contributed by atoms with Crippen molar-refractivity contribution in [3.63, 3.8) is 0 Å². The van der Waals surface area contributed by atoms with Crippen molar-refractivity contribution in [3.05, 3.63) is 65.2 Å². The molecule has 8 nitrogen and oxygen atoms in total. The molecule has 1 saturated heterocycles. The summed E-state index contributed by atoms with van der Waals surface area (Å²) in [4.78, 5) is 35.0. The van der Waals surface area contributed by atoms with Gasteiger partial charge in [0.25, 0.3) is 0 Å². The van der Waals surface area contributed by atoms with E-state index in [1.165, 1.54) is 11.1 Å². The quantitative estimate of drug-likeness (QED) is 0.0902. The Bertz CT molecular complexity index is 1460. The van der Waals surface area contributed by atoms with Gasteiger partial charge in [0.15, 0.2) is 0 Å². The number of phenols is 1. The Morgan fingerprint density at radius 3 is 2.61 bits per heavy atom. The zero-order chi connectivity index (χ0) is 35.2. The number of rotatable bonds is 17. The predicted octanol–water partition coefficient (Wildman–Crippen LogP) is 6.24. The van der Waals surface area contributed by atoms with Crippen LogP contribution in [-0.4, -0.2) is 65.9 Å². The zero-order valence-corrected chi connectivity index (χ0v) is 30.6. The van der Waals surface area contributed by atoms with Gasteiger partial charge in [-0.3, -0.25) is 19.5 Å². The van der Waals surface area contributed by atoms with E-state index in [-0.39, 0.29) is 29.1 Å². The molecule has 3 aliphatic rings. The van der Waals surface area contributed by atoms with Gasteiger partial charge in [0.1, 0.15) is 11.8 Å². The van der Waals surface area contributed by atoms with Crippen molar-refractivity contribution in [1.82, 2.24) is 15.5 Å². The van der Waals surface area contributed by atoms with Crippen LogP contribution in [0, 0.1) is 17.8 Å². The molecular weight excluding hydrogens is 610 g/mol. The van der Waals surface area contributed by atoms with Gasteiger partial charge in [0.2, 0.25) is 11.8 Å². The van der Waals surface area contributed by atoms with E-state index in [1.807, 2.05) is 30.3 Å². The minimum Gasteiger partial charge on any atom is -0.508 e. The number of nitrogens with zero attached hydrogens (tertiary/aromatic N) is 2. The first kappa shape index (κ1) is 36.9. The number of carbonyl (C=O) groups is 2. The van der Waals surface area contributed by atoms with Crippen LogP contribution in [0.1, 0.15) is 109 Å². The van der Waals surface area contributed by atoms with Crippen LogP contribution in [-0.2, 0) is 26.8 Å². The summed E-state index contributed by atoms with van der Waals surface area (Å²) in [5.74, 6) is 1.83. The Morgan fingerprint density at radius 1 is 1.10 bits per heavy atom. The normalized spacial score (nSPS) is 27.0. The molecule has 268 valence electrons. The third kappa shape index (κ3) is 8.33. The van der Waals surface area contributed by atoms with Gasteiger partial charge in [-0.05, 0) is 110 Å². The van der Waals surface area contributed by atoms with E-state index >= 15 is 0 Å². The fraction of sp³-hybridized carbons (Fsp3) is 0.634. The van der Waals surface area contributed by atoms with E-state index in [0.717, 1.165) is 88.8 Å². The number of benzene rings is 2. The first-order valence-electron chi connectivity index (χ1n) is 19.0. The van der Waals surface area contributed by atoms with E-state index in [1.54, 1.807) is 0 Å². The van der Waals surface area contributed by atoms with Crippen LogP contribution in [0.15, 0.2) is 53.5 Å². The molecule has 2 bridgehead atoms. The minimum absolute atomic E-state index is 0.0256. The molecule has 0 spiro atoms. The molecule has 2 fully saturated rings. The van der Waals surface area contributed by atoms with Crippen molar-refractivity contribution in [2.24, 2.45) is 28.5 Å². The van der Waals surface area contributed by atoms with Gasteiger partial charge in [-0.15, -0.1) is 0 Å². The Balaban J connectivity index is 1.22. The number of aromatic hydroxyl groups is 1. The van der Waals surface area contributed by atoms with E-state index in [4.69, 9.17) is 5.73 Å². The number of nitrogens with two attached hydrogens (primary N) is 1. The van der Waals surface area contributed by atoms with Crippen molar-refractivity contribution in [2.45, 2.75) is 122 Å².